The lowest BCUT2D eigenvalue weighted by Crippen LogP contribution is -2.25. The molecule has 21 heavy (non-hydrogen) atoms. The molecule has 1 aromatic carbocycles. The number of azide groups is 1. The van der Waals surface area contributed by atoms with Gasteiger partial charge in [0.1, 0.15) is 11.5 Å². The number of methoxy groups -OCH3 is 2. The number of rotatable bonds is 6. The molecule has 2 rings (SSSR count). The van der Waals surface area contributed by atoms with Crippen LogP contribution in [0.25, 0.3) is 10.4 Å². The van der Waals surface area contributed by atoms with Gasteiger partial charge in [-0.15, -0.1) is 0 Å². The number of hydrogen-bond donors (Lipinski definition) is 0. The molecule has 1 fully saturated rings. The van der Waals surface area contributed by atoms with Crippen LogP contribution in [0.15, 0.2) is 23.3 Å². The molecule has 1 aliphatic rings. The summed E-state index contributed by atoms with van der Waals surface area (Å²) in [5, 5.41) is 3.55. The molecule has 0 bridgehead atoms. The third-order valence-electron chi connectivity index (χ3n) is 3.55. The van der Waals surface area contributed by atoms with Crippen molar-refractivity contribution in [2.75, 3.05) is 27.3 Å². The molecule has 1 unspecified atom stereocenters. The topological polar surface area (TPSA) is 87.5 Å². The second-order valence-electron chi connectivity index (χ2n) is 4.94. The Labute approximate surface area is 123 Å². The van der Waals surface area contributed by atoms with E-state index in [0.29, 0.717) is 37.6 Å². The van der Waals surface area contributed by atoms with Crippen LogP contribution < -0.4 is 9.47 Å². The van der Waals surface area contributed by atoms with Crippen molar-refractivity contribution in [2.45, 2.75) is 13.0 Å². The molecule has 7 heteroatoms. The Bertz CT molecular complexity index is 569. The summed E-state index contributed by atoms with van der Waals surface area (Å²) in [5.41, 5.74) is 9.27. The lowest BCUT2D eigenvalue weighted by molar-refractivity contribution is -0.128. The molecular formula is C14H18N4O3. The highest BCUT2D eigenvalue weighted by Crippen LogP contribution is 2.28. The highest BCUT2D eigenvalue weighted by Gasteiger charge is 2.29. The van der Waals surface area contributed by atoms with E-state index in [9.17, 15) is 4.79 Å². The van der Waals surface area contributed by atoms with Crippen LogP contribution >= 0.6 is 0 Å². The number of benzene rings is 1. The zero-order valence-corrected chi connectivity index (χ0v) is 12.2. The molecule has 0 aliphatic carbocycles. The van der Waals surface area contributed by atoms with Gasteiger partial charge in [0.25, 0.3) is 0 Å². The van der Waals surface area contributed by atoms with Crippen molar-refractivity contribution in [1.82, 2.24) is 4.90 Å². The van der Waals surface area contributed by atoms with Crippen LogP contribution in [0.5, 0.6) is 11.5 Å². The average Bonchev–Trinajstić information content (AvgIpc) is 2.85. The predicted molar refractivity (Wildman–Crippen MR) is 77.1 cm³/mol. The summed E-state index contributed by atoms with van der Waals surface area (Å²) in [7, 11) is 3.19. The number of likely N-dealkylation sites (tertiary alicyclic amines) is 1. The van der Waals surface area contributed by atoms with E-state index >= 15 is 0 Å². The first kappa shape index (κ1) is 15.0. The van der Waals surface area contributed by atoms with Crippen molar-refractivity contribution >= 4 is 5.91 Å². The fraction of sp³-hybridized carbons (Fsp3) is 0.500. The van der Waals surface area contributed by atoms with Gasteiger partial charge in [-0.25, -0.2) is 0 Å². The van der Waals surface area contributed by atoms with Crippen molar-refractivity contribution in [3.8, 4) is 11.5 Å². The Morgan fingerprint density at radius 2 is 2.24 bits per heavy atom. The van der Waals surface area contributed by atoms with Gasteiger partial charge in [-0.05, 0) is 23.6 Å². The quantitative estimate of drug-likeness (QED) is 0.457. The highest BCUT2D eigenvalue weighted by molar-refractivity contribution is 5.78. The van der Waals surface area contributed by atoms with Crippen LogP contribution in [0.2, 0.25) is 0 Å². The van der Waals surface area contributed by atoms with Crippen LogP contribution in [-0.2, 0) is 11.3 Å². The van der Waals surface area contributed by atoms with Gasteiger partial charge < -0.3 is 14.4 Å². The summed E-state index contributed by atoms with van der Waals surface area (Å²) < 4.78 is 10.5. The minimum Gasteiger partial charge on any atom is -0.497 e. The Hall–Kier alpha value is -2.40. The van der Waals surface area contributed by atoms with Gasteiger partial charge >= 0.3 is 0 Å². The lowest BCUT2D eigenvalue weighted by Gasteiger charge is -2.18. The second kappa shape index (κ2) is 6.85. The van der Waals surface area contributed by atoms with Gasteiger partial charge in [-0.3, -0.25) is 4.79 Å². The summed E-state index contributed by atoms with van der Waals surface area (Å²) in [6.07, 6.45) is 0.428. The molecule has 7 nitrogen and oxygen atoms in total. The molecule has 112 valence electrons. The van der Waals surface area contributed by atoms with E-state index < -0.39 is 0 Å². The van der Waals surface area contributed by atoms with Crippen LogP contribution in [0.3, 0.4) is 0 Å². The maximum absolute atomic E-state index is 12.0. The van der Waals surface area contributed by atoms with Crippen LogP contribution in [0.1, 0.15) is 12.0 Å². The Balaban J connectivity index is 2.07. The molecule has 1 aromatic rings. The summed E-state index contributed by atoms with van der Waals surface area (Å²) in [6, 6.07) is 5.54. The molecule has 0 aromatic heterocycles. The number of amides is 1. The average molecular weight is 290 g/mol. The van der Waals surface area contributed by atoms with E-state index in [1.807, 2.05) is 12.1 Å². The fourth-order valence-corrected chi connectivity index (χ4v) is 2.47. The van der Waals surface area contributed by atoms with Crippen molar-refractivity contribution in [3.05, 3.63) is 34.2 Å². The van der Waals surface area contributed by atoms with Crippen LogP contribution in [-0.4, -0.2) is 38.1 Å². The van der Waals surface area contributed by atoms with E-state index in [1.54, 1.807) is 25.2 Å². The molecule has 1 saturated heterocycles. The number of ether oxygens (including phenoxy) is 2. The molecule has 1 aliphatic heterocycles. The van der Waals surface area contributed by atoms with E-state index in [1.165, 1.54) is 0 Å². The lowest BCUT2D eigenvalue weighted by atomic mass is 10.1. The standard InChI is InChI=1S/C14H18N4O3/c1-20-12-4-3-11(13(6-12)21-2)9-18-8-10(5-14(18)19)7-16-17-15/h3-4,6,10H,5,7-9H2,1-2H3. The third kappa shape index (κ3) is 3.58. The van der Waals surface area contributed by atoms with Crippen LogP contribution in [0.4, 0.5) is 0 Å². The molecular weight excluding hydrogens is 272 g/mol. The van der Waals surface area contributed by atoms with Gasteiger partial charge in [0.05, 0.1) is 14.2 Å². The predicted octanol–water partition coefficient (Wildman–Crippen LogP) is 2.36. The van der Waals surface area contributed by atoms with E-state index in [4.69, 9.17) is 15.0 Å². The molecule has 0 N–H and O–H groups in total. The summed E-state index contributed by atoms with van der Waals surface area (Å²) in [6.45, 7) is 1.45. The Morgan fingerprint density at radius 1 is 1.43 bits per heavy atom. The fourth-order valence-electron chi connectivity index (χ4n) is 2.47. The molecule has 0 radical (unpaired) electrons. The monoisotopic (exact) mass is 290 g/mol. The first-order chi connectivity index (χ1) is 10.2. The summed E-state index contributed by atoms with van der Waals surface area (Å²) in [5.74, 6) is 1.58. The molecule has 1 heterocycles. The maximum Gasteiger partial charge on any atom is 0.223 e. The van der Waals surface area contributed by atoms with Gasteiger partial charge in [0.15, 0.2) is 0 Å². The van der Waals surface area contributed by atoms with Gasteiger partial charge in [0, 0.05) is 42.6 Å². The summed E-state index contributed by atoms with van der Waals surface area (Å²) >= 11 is 0. The van der Waals surface area contributed by atoms with Gasteiger partial charge in [-0.2, -0.15) is 0 Å². The number of carbonyl (C=O) groups excluding carboxylic acids is 1. The molecule has 1 amide bonds. The molecule has 0 saturated carbocycles. The maximum atomic E-state index is 12.0. The van der Waals surface area contributed by atoms with E-state index in [0.717, 1.165) is 5.56 Å². The van der Waals surface area contributed by atoms with Gasteiger partial charge in [-0.1, -0.05) is 5.11 Å². The minimum atomic E-state index is 0.0750. The smallest absolute Gasteiger partial charge is 0.223 e. The minimum absolute atomic E-state index is 0.0750. The van der Waals surface area contributed by atoms with Crippen LogP contribution in [0, 0.1) is 5.92 Å². The van der Waals surface area contributed by atoms with E-state index in [-0.39, 0.29) is 11.8 Å². The van der Waals surface area contributed by atoms with Gasteiger partial charge in [0.2, 0.25) is 5.91 Å². The zero-order chi connectivity index (χ0) is 15.2. The Kier molecular flexibility index (Phi) is 4.90. The second-order valence-corrected chi connectivity index (χ2v) is 4.94. The van der Waals surface area contributed by atoms with Crippen molar-refractivity contribution in [1.29, 1.82) is 0 Å². The summed E-state index contributed by atoms with van der Waals surface area (Å²) in [4.78, 5) is 16.5. The SMILES string of the molecule is COc1ccc(CN2CC(CN=[N+]=[N-])CC2=O)c(OC)c1. The zero-order valence-electron chi connectivity index (χ0n) is 12.2. The number of nitrogens with zero attached hydrogens (tertiary/aromatic N) is 4. The highest BCUT2D eigenvalue weighted by atomic mass is 16.5. The third-order valence-corrected chi connectivity index (χ3v) is 3.55. The van der Waals surface area contributed by atoms with Crippen molar-refractivity contribution in [2.24, 2.45) is 11.0 Å². The first-order valence-corrected chi connectivity index (χ1v) is 6.67. The van der Waals surface area contributed by atoms with E-state index in [2.05, 4.69) is 10.0 Å². The normalized spacial score (nSPS) is 17.5. The number of hydrogen-bond acceptors (Lipinski definition) is 4. The Morgan fingerprint density at radius 3 is 2.90 bits per heavy atom. The molecule has 0 spiro atoms. The largest absolute Gasteiger partial charge is 0.497 e. The van der Waals surface area contributed by atoms with Crippen molar-refractivity contribution in [3.63, 3.8) is 0 Å². The molecule has 1 atom stereocenters. The number of carbonyl (C=O) groups is 1. The van der Waals surface area contributed by atoms with Crippen molar-refractivity contribution < 1.29 is 14.3 Å². The first-order valence-electron chi connectivity index (χ1n) is 6.67.